The maximum atomic E-state index is 6.01. The van der Waals surface area contributed by atoms with Crippen molar-refractivity contribution in [1.82, 2.24) is 0 Å². The van der Waals surface area contributed by atoms with Crippen LogP contribution in [0.4, 0.5) is 0 Å². The van der Waals surface area contributed by atoms with Gasteiger partial charge in [-0.05, 0) is 13.8 Å². The van der Waals surface area contributed by atoms with Gasteiger partial charge in [-0.3, -0.25) is 0 Å². The highest BCUT2D eigenvalue weighted by Crippen LogP contribution is 2.24. The minimum absolute atomic E-state index is 0.0662. The number of hydrogen-bond donors (Lipinski definition) is 3. The first-order chi connectivity index (χ1) is 6.97. The van der Waals surface area contributed by atoms with Crippen LogP contribution in [0.25, 0.3) is 0 Å². The van der Waals surface area contributed by atoms with Gasteiger partial charge >= 0.3 is 0 Å². The molecular formula is C10H23N3O2. The van der Waals surface area contributed by atoms with Crippen LogP contribution in [0.5, 0.6) is 0 Å². The van der Waals surface area contributed by atoms with Crippen LogP contribution in [0.15, 0.2) is 0 Å². The van der Waals surface area contributed by atoms with Crippen molar-refractivity contribution in [2.75, 3.05) is 6.54 Å². The molecule has 3 unspecified atom stereocenters. The van der Waals surface area contributed by atoms with Crippen LogP contribution in [0, 0.1) is 5.92 Å². The van der Waals surface area contributed by atoms with Crippen molar-refractivity contribution in [1.29, 1.82) is 0 Å². The van der Waals surface area contributed by atoms with Gasteiger partial charge in [0.15, 0.2) is 6.29 Å². The van der Waals surface area contributed by atoms with Gasteiger partial charge in [0.2, 0.25) is 0 Å². The Morgan fingerprint density at radius 1 is 1.27 bits per heavy atom. The van der Waals surface area contributed by atoms with Crippen molar-refractivity contribution in [3.8, 4) is 0 Å². The molecule has 0 saturated carbocycles. The van der Waals surface area contributed by atoms with Gasteiger partial charge in [0.25, 0.3) is 0 Å². The van der Waals surface area contributed by atoms with E-state index in [1.54, 1.807) is 0 Å². The van der Waals surface area contributed by atoms with Gasteiger partial charge in [-0.2, -0.15) is 0 Å². The first-order valence-corrected chi connectivity index (χ1v) is 5.49. The third-order valence-electron chi connectivity index (χ3n) is 2.90. The summed E-state index contributed by atoms with van der Waals surface area (Å²) < 4.78 is 11.3. The number of hydrogen-bond acceptors (Lipinski definition) is 5. The lowest BCUT2D eigenvalue weighted by molar-refractivity contribution is -0.231. The van der Waals surface area contributed by atoms with Crippen molar-refractivity contribution in [3.63, 3.8) is 0 Å². The highest BCUT2D eigenvalue weighted by Gasteiger charge is 2.40. The van der Waals surface area contributed by atoms with Gasteiger partial charge in [0, 0.05) is 18.5 Å². The Hall–Kier alpha value is -0.200. The van der Waals surface area contributed by atoms with Crippen molar-refractivity contribution in [2.24, 2.45) is 23.1 Å². The predicted molar refractivity (Wildman–Crippen MR) is 59.1 cm³/mol. The summed E-state index contributed by atoms with van der Waals surface area (Å²) >= 11 is 0. The second-order valence-electron chi connectivity index (χ2n) is 4.48. The fraction of sp³-hybridized carbons (Fsp3) is 1.00. The zero-order valence-corrected chi connectivity index (χ0v) is 9.72. The van der Waals surface area contributed by atoms with Crippen LogP contribution in [0.1, 0.15) is 20.8 Å². The van der Waals surface area contributed by atoms with E-state index in [4.69, 9.17) is 26.7 Å². The lowest BCUT2D eigenvalue weighted by atomic mass is 9.88. The highest BCUT2D eigenvalue weighted by molar-refractivity contribution is 4.92. The topological polar surface area (TPSA) is 96.5 Å². The quantitative estimate of drug-likeness (QED) is 0.586. The van der Waals surface area contributed by atoms with Crippen molar-refractivity contribution < 1.29 is 9.47 Å². The van der Waals surface area contributed by atoms with Crippen molar-refractivity contribution in [3.05, 3.63) is 0 Å². The second kappa shape index (κ2) is 5.23. The molecule has 1 aliphatic heterocycles. The van der Waals surface area contributed by atoms with Gasteiger partial charge in [0.1, 0.15) is 0 Å². The number of rotatable bonds is 3. The molecular weight excluding hydrogens is 194 g/mol. The molecule has 5 heteroatoms. The molecule has 0 aliphatic carbocycles. The molecule has 1 fully saturated rings. The van der Waals surface area contributed by atoms with Crippen LogP contribution in [0.2, 0.25) is 0 Å². The zero-order valence-electron chi connectivity index (χ0n) is 9.72. The molecule has 0 bridgehead atoms. The zero-order chi connectivity index (χ0) is 11.6. The van der Waals surface area contributed by atoms with E-state index in [0.29, 0.717) is 6.54 Å². The first kappa shape index (κ1) is 12.9. The molecule has 0 aromatic rings. The smallest absolute Gasteiger partial charge is 0.174 e. The molecule has 15 heavy (non-hydrogen) atoms. The lowest BCUT2D eigenvalue weighted by Gasteiger charge is -2.43. The third kappa shape index (κ3) is 2.89. The Labute approximate surface area is 91.3 Å². The maximum Gasteiger partial charge on any atom is 0.174 e. The Morgan fingerprint density at radius 2 is 1.87 bits per heavy atom. The number of ether oxygens (including phenoxy) is 2. The van der Waals surface area contributed by atoms with E-state index in [-0.39, 0.29) is 30.2 Å². The molecule has 90 valence electrons. The SMILES string of the molecule is CC(C)O[C@@H]1OC(CN)[C@H](C)C(N)C1N. The highest BCUT2D eigenvalue weighted by atomic mass is 16.7. The van der Waals surface area contributed by atoms with Gasteiger partial charge in [-0.15, -0.1) is 0 Å². The summed E-state index contributed by atoms with van der Waals surface area (Å²) in [5.41, 5.74) is 17.6. The van der Waals surface area contributed by atoms with E-state index >= 15 is 0 Å². The average molecular weight is 217 g/mol. The minimum Gasteiger partial charge on any atom is -0.348 e. The van der Waals surface area contributed by atoms with Gasteiger partial charge in [-0.1, -0.05) is 6.92 Å². The summed E-state index contributed by atoms with van der Waals surface area (Å²) in [5.74, 6) is 0.164. The van der Waals surface area contributed by atoms with Crippen LogP contribution >= 0.6 is 0 Å². The van der Waals surface area contributed by atoms with E-state index < -0.39 is 6.29 Å². The Kier molecular flexibility index (Phi) is 4.48. The molecule has 1 saturated heterocycles. The molecule has 5 atom stereocenters. The fourth-order valence-electron chi connectivity index (χ4n) is 1.83. The molecule has 0 amide bonds. The van der Waals surface area contributed by atoms with Gasteiger partial charge < -0.3 is 26.7 Å². The maximum absolute atomic E-state index is 6.01. The molecule has 0 aromatic carbocycles. The molecule has 0 radical (unpaired) electrons. The lowest BCUT2D eigenvalue weighted by Crippen LogP contribution is -2.63. The van der Waals surface area contributed by atoms with Gasteiger partial charge in [-0.25, -0.2) is 0 Å². The van der Waals surface area contributed by atoms with Gasteiger partial charge in [0.05, 0.1) is 18.2 Å². The third-order valence-corrected chi connectivity index (χ3v) is 2.90. The fourth-order valence-corrected chi connectivity index (χ4v) is 1.83. The summed E-state index contributed by atoms with van der Waals surface area (Å²) in [6.45, 7) is 6.33. The Balaban J connectivity index is 2.65. The average Bonchev–Trinajstić information content (AvgIpc) is 2.18. The van der Waals surface area contributed by atoms with Crippen molar-refractivity contribution >= 4 is 0 Å². The van der Waals surface area contributed by atoms with Crippen molar-refractivity contribution in [2.45, 2.75) is 51.4 Å². The molecule has 1 rings (SSSR count). The van der Waals surface area contributed by atoms with E-state index in [0.717, 1.165) is 0 Å². The minimum atomic E-state index is -0.440. The summed E-state index contributed by atoms with van der Waals surface area (Å²) in [6, 6.07) is -0.416. The molecule has 0 aromatic heterocycles. The molecule has 6 N–H and O–H groups in total. The standard InChI is InChI=1S/C10H23N3O2/c1-5(2)14-10-9(13)8(12)6(3)7(4-11)15-10/h5-10H,4,11-13H2,1-3H3/t6-,7?,8?,9?,10+/m0/s1. The summed E-state index contributed by atoms with van der Waals surface area (Å²) in [5, 5.41) is 0. The number of nitrogens with two attached hydrogens (primary N) is 3. The predicted octanol–water partition coefficient (Wildman–Crippen LogP) is -0.614. The first-order valence-electron chi connectivity index (χ1n) is 5.49. The van der Waals surface area contributed by atoms with Crippen LogP contribution < -0.4 is 17.2 Å². The molecule has 5 nitrogen and oxygen atoms in total. The summed E-state index contributed by atoms with van der Waals surface area (Å²) in [6.07, 6.45) is -0.437. The Bertz CT molecular complexity index is 199. The normalized spacial score (nSPS) is 42.2. The summed E-state index contributed by atoms with van der Waals surface area (Å²) in [4.78, 5) is 0. The monoisotopic (exact) mass is 217 g/mol. The van der Waals surface area contributed by atoms with E-state index in [9.17, 15) is 0 Å². The molecule has 1 heterocycles. The molecule has 0 spiro atoms. The largest absolute Gasteiger partial charge is 0.348 e. The molecule has 1 aliphatic rings. The van der Waals surface area contributed by atoms with Crippen LogP contribution in [0.3, 0.4) is 0 Å². The summed E-state index contributed by atoms with van der Waals surface area (Å²) in [7, 11) is 0. The second-order valence-corrected chi connectivity index (χ2v) is 4.48. The van der Waals surface area contributed by atoms with Crippen LogP contribution in [-0.2, 0) is 9.47 Å². The van der Waals surface area contributed by atoms with E-state index in [1.165, 1.54) is 0 Å². The van der Waals surface area contributed by atoms with E-state index in [1.807, 2.05) is 20.8 Å². The van der Waals surface area contributed by atoms with Crippen LogP contribution in [-0.4, -0.2) is 37.1 Å². The Morgan fingerprint density at radius 3 is 2.33 bits per heavy atom. The van der Waals surface area contributed by atoms with E-state index in [2.05, 4.69) is 0 Å².